The maximum Gasteiger partial charge on any atom is 0.451 e. The van der Waals surface area contributed by atoms with Crippen LogP contribution in [-0.2, 0) is 6.18 Å². The fourth-order valence-corrected chi connectivity index (χ4v) is 1.42. The second-order valence-electron chi connectivity index (χ2n) is 4.62. The summed E-state index contributed by atoms with van der Waals surface area (Å²) in [6, 6.07) is 1.49. The van der Waals surface area contributed by atoms with Crippen LogP contribution in [0.25, 0.3) is 0 Å². The van der Waals surface area contributed by atoms with Crippen molar-refractivity contribution in [3.8, 4) is 0 Å². The van der Waals surface area contributed by atoms with Gasteiger partial charge in [-0.3, -0.25) is 0 Å². The molecule has 1 aromatic heterocycles. The van der Waals surface area contributed by atoms with Crippen molar-refractivity contribution in [2.75, 3.05) is 44.4 Å². The predicted molar refractivity (Wildman–Crippen MR) is 72.9 cm³/mol. The second kappa shape index (κ2) is 7.28. The number of halogens is 3. The molecule has 0 unspecified atom stereocenters. The third kappa shape index (κ3) is 5.60. The van der Waals surface area contributed by atoms with Crippen molar-refractivity contribution in [2.24, 2.45) is 0 Å². The van der Waals surface area contributed by atoms with Crippen LogP contribution in [0.1, 0.15) is 19.2 Å². The van der Waals surface area contributed by atoms with Crippen molar-refractivity contribution in [3.05, 3.63) is 11.9 Å². The number of aromatic nitrogens is 2. The number of nitrogens with zero attached hydrogens (tertiary/aromatic N) is 3. The number of hydrogen-bond acceptors (Lipinski definition) is 5. The summed E-state index contributed by atoms with van der Waals surface area (Å²) in [6.45, 7) is 3.69. The molecule has 114 valence electrons. The van der Waals surface area contributed by atoms with Crippen LogP contribution in [0.5, 0.6) is 0 Å². The van der Waals surface area contributed by atoms with Crippen LogP contribution in [0.4, 0.5) is 24.8 Å². The van der Waals surface area contributed by atoms with E-state index >= 15 is 0 Å². The number of anilines is 2. The van der Waals surface area contributed by atoms with Gasteiger partial charge in [-0.25, -0.2) is 9.97 Å². The van der Waals surface area contributed by atoms with Gasteiger partial charge in [-0.05, 0) is 20.5 Å². The Hall–Kier alpha value is -1.57. The van der Waals surface area contributed by atoms with Crippen LogP contribution in [0.3, 0.4) is 0 Å². The average molecular weight is 291 g/mol. The average Bonchev–Trinajstić information content (AvgIpc) is 2.34. The first-order chi connectivity index (χ1) is 9.32. The van der Waals surface area contributed by atoms with Crippen molar-refractivity contribution >= 4 is 11.6 Å². The van der Waals surface area contributed by atoms with Gasteiger partial charge in [0.2, 0.25) is 5.82 Å². The van der Waals surface area contributed by atoms with Crippen LogP contribution in [0, 0.1) is 0 Å². The molecule has 0 aliphatic heterocycles. The molecule has 0 aromatic carbocycles. The zero-order valence-electron chi connectivity index (χ0n) is 11.9. The molecule has 2 N–H and O–H groups in total. The Balaban J connectivity index is 2.86. The second-order valence-corrected chi connectivity index (χ2v) is 4.62. The zero-order valence-corrected chi connectivity index (χ0v) is 11.9. The number of hydrogen-bond donors (Lipinski definition) is 2. The van der Waals surface area contributed by atoms with Crippen LogP contribution in [0.15, 0.2) is 6.07 Å². The summed E-state index contributed by atoms with van der Waals surface area (Å²) in [5.74, 6) is -0.778. The smallest absolute Gasteiger partial charge is 0.370 e. The fourth-order valence-electron chi connectivity index (χ4n) is 1.42. The van der Waals surface area contributed by atoms with E-state index in [-0.39, 0.29) is 11.6 Å². The van der Waals surface area contributed by atoms with Gasteiger partial charge in [0.05, 0.1) is 0 Å². The van der Waals surface area contributed by atoms with Crippen LogP contribution in [0.2, 0.25) is 0 Å². The molecule has 5 nitrogen and oxygen atoms in total. The van der Waals surface area contributed by atoms with Crippen molar-refractivity contribution < 1.29 is 13.2 Å². The number of likely N-dealkylation sites (N-methyl/N-ethyl adjacent to an activating group) is 1. The third-order valence-corrected chi connectivity index (χ3v) is 2.40. The van der Waals surface area contributed by atoms with Crippen molar-refractivity contribution in [1.82, 2.24) is 14.9 Å². The standard InChI is InChI=1S/C12H20F3N5/c1-4-5-16-9-8-10(17-6-7-20(2)3)19-11(18-9)12(13,14)15/h8H,4-7H2,1-3H3,(H2,16,17,18,19). The number of rotatable bonds is 7. The molecular weight excluding hydrogens is 271 g/mol. The zero-order chi connectivity index (χ0) is 15.2. The molecule has 0 bridgehead atoms. The summed E-state index contributed by atoms with van der Waals surface area (Å²) in [5, 5.41) is 5.72. The van der Waals surface area contributed by atoms with E-state index in [0.29, 0.717) is 19.6 Å². The molecule has 0 aliphatic rings. The van der Waals surface area contributed by atoms with Gasteiger partial charge in [0.25, 0.3) is 0 Å². The Morgan fingerprint density at radius 1 is 1.10 bits per heavy atom. The molecule has 1 aromatic rings. The van der Waals surface area contributed by atoms with Gasteiger partial charge < -0.3 is 15.5 Å². The molecule has 8 heteroatoms. The Bertz CT molecular complexity index is 420. The highest BCUT2D eigenvalue weighted by molar-refractivity contribution is 5.47. The first-order valence-corrected chi connectivity index (χ1v) is 6.41. The molecule has 0 atom stereocenters. The lowest BCUT2D eigenvalue weighted by molar-refractivity contribution is -0.144. The quantitative estimate of drug-likeness (QED) is 0.807. The topological polar surface area (TPSA) is 53.1 Å². The minimum atomic E-state index is -4.55. The van der Waals surface area contributed by atoms with E-state index in [9.17, 15) is 13.2 Å². The van der Waals surface area contributed by atoms with E-state index in [2.05, 4.69) is 20.6 Å². The van der Waals surface area contributed by atoms with Gasteiger partial charge >= 0.3 is 6.18 Å². The Kier molecular flexibility index (Phi) is 6.00. The Labute approximate surface area is 116 Å². The summed E-state index contributed by atoms with van der Waals surface area (Å²) in [5.41, 5.74) is 0. The predicted octanol–water partition coefficient (Wildman–Crippen LogP) is 2.29. The minimum Gasteiger partial charge on any atom is -0.370 e. The number of alkyl halides is 3. The maximum atomic E-state index is 12.7. The largest absolute Gasteiger partial charge is 0.451 e. The molecule has 0 saturated carbocycles. The highest BCUT2D eigenvalue weighted by Gasteiger charge is 2.35. The van der Waals surface area contributed by atoms with E-state index in [0.717, 1.165) is 6.42 Å². The van der Waals surface area contributed by atoms with Crippen LogP contribution in [-0.4, -0.2) is 48.6 Å². The summed E-state index contributed by atoms with van der Waals surface area (Å²) in [4.78, 5) is 8.92. The SMILES string of the molecule is CCCNc1cc(NCCN(C)C)nc(C(F)(F)F)n1. The van der Waals surface area contributed by atoms with Gasteiger partial charge in [0, 0.05) is 25.7 Å². The molecule has 1 heterocycles. The molecule has 0 saturated heterocycles. The summed E-state index contributed by atoms with van der Waals surface area (Å²) in [7, 11) is 3.77. The van der Waals surface area contributed by atoms with E-state index in [4.69, 9.17) is 0 Å². The van der Waals surface area contributed by atoms with Crippen molar-refractivity contribution in [2.45, 2.75) is 19.5 Å². The van der Waals surface area contributed by atoms with Crippen LogP contribution >= 0.6 is 0 Å². The molecule has 0 aliphatic carbocycles. The van der Waals surface area contributed by atoms with E-state index in [1.807, 2.05) is 25.9 Å². The molecule has 1 rings (SSSR count). The Morgan fingerprint density at radius 3 is 2.10 bits per heavy atom. The lowest BCUT2D eigenvalue weighted by Crippen LogP contribution is -2.22. The number of nitrogens with one attached hydrogen (secondary N) is 2. The molecule has 0 amide bonds. The van der Waals surface area contributed by atoms with E-state index < -0.39 is 12.0 Å². The van der Waals surface area contributed by atoms with Crippen molar-refractivity contribution in [3.63, 3.8) is 0 Å². The first kappa shape index (κ1) is 16.5. The normalized spacial score (nSPS) is 11.8. The molecule has 0 spiro atoms. The fraction of sp³-hybridized carbons (Fsp3) is 0.667. The van der Waals surface area contributed by atoms with Gasteiger partial charge in [-0.15, -0.1) is 0 Å². The van der Waals surface area contributed by atoms with Crippen LogP contribution < -0.4 is 10.6 Å². The van der Waals surface area contributed by atoms with Gasteiger partial charge in [0.15, 0.2) is 0 Å². The lowest BCUT2D eigenvalue weighted by Gasteiger charge is -2.14. The highest BCUT2D eigenvalue weighted by Crippen LogP contribution is 2.28. The lowest BCUT2D eigenvalue weighted by atomic mass is 10.4. The minimum absolute atomic E-state index is 0.174. The van der Waals surface area contributed by atoms with Gasteiger partial charge in [-0.2, -0.15) is 13.2 Å². The Morgan fingerprint density at radius 2 is 1.65 bits per heavy atom. The van der Waals surface area contributed by atoms with Crippen molar-refractivity contribution in [1.29, 1.82) is 0 Å². The summed E-state index contributed by atoms with van der Waals surface area (Å²) >= 11 is 0. The molecule has 0 radical (unpaired) electrons. The van der Waals surface area contributed by atoms with E-state index in [1.54, 1.807) is 0 Å². The maximum absolute atomic E-state index is 12.7. The summed E-state index contributed by atoms with van der Waals surface area (Å²) in [6.07, 6.45) is -3.75. The molecule has 20 heavy (non-hydrogen) atoms. The molecule has 0 fully saturated rings. The third-order valence-electron chi connectivity index (χ3n) is 2.40. The van der Waals surface area contributed by atoms with Gasteiger partial charge in [0.1, 0.15) is 11.6 Å². The first-order valence-electron chi connectivity index (χ1n) is 6.41. The van der Waals surface area contributed by atoms with E-state index in [1.165, 1.54) is 6.07 Å². The summed E-state index contributed by atoms with van der Waals surface area (Å²) < 4.78 is 38.2. The monoisotopic (exact) mass is 291 g/mol. The molecular formula is C12H20F3N5. The highest BCUT2D eigenvalue weighted by atomic mass is 19.4. The van der Waals surface area contributed by atoms with Gasteiger partial charge in [-0.1, -0.05) is 6.92 Å².